The summed E-state index contributed by atoms with van der Waals surface area (Å²) in [5.41, 5.74) is 1.27. The van der Waals surface area contributed by atoms with Gasteiger partial charge in [-0.15, -0.1) is 0 Å². The fourth-order valence-electron chi connectivity index (χ4n) is 3.96. The van der Waals surface area contributed by atoms with Crippen LogP contribution in [-0.4, -0.2) is 44.6 Å². The minimum Gasteiger partial charge on any atom is -0.341 e. The molecular formula is C19H20F2N2O3S2. The number of rotatable bonds is 5. The molecule has 1 aromatic carbocycles. The first-order chi connectivity index (χ1) is 13.2. The number of nitrogens with one attached hydrogen (secondary N) is 1. The lowest BCUT2D eigenvalue weighted by molar-refractivity contribution is -0.131. The lowest BCUT2D eigenvalue weighted by Crippen LogP contribution is -2.38. The second-order valence-electron chi connectivity index (χ2n) is 7.45. The molecule has 3 unspecified atom stereocenters. The minimum absolute atomic E-state index is 0.0195. The minimum atomic E-state index is -3.31. The molecule has 1 amide bonds. The van der Waals surface area contributed by atoms with Crippen molar-refractivity contribution in [2.45, 2.75) is 24.8 Å². The molecule has 4 rings (SSSR count). The Balaban J connectivity index is 1.47. The summed E-state index contributed by atoms with van der Waals surface area (Å²) in [5, 5.41) is 3.58. The summed E-state index contributed by atoms with van der Waals surface area (Å²) in [4.78, 5) is 14.5. The molecule has 1 aliphatic carbocycles. The summed E-state index contributed by atoms with van der Waals surface area (Å²) in [7, 11) is -3.31. The highest BCUT2D eigenvalue weighted by molar-refractivity contribution is 7.88. The number of nitrogens with zero attached hydrogens (tertiary/aromatic N) is 1. The first kappa shape index (κ1) is 19.5. The van der Waals surface area contributed by atoms with Gasteiger partial charge in [0.2, 0.25) is 15.9 Å². The summed E-state index contributed by atoms with van der Waals surface area (Å²) >= 11 is 1.36. The number of hydrogen-bond acceptors (Lipinski definition) is 4. The first-order valence-corrected chi connectivity index (χ1v) is 11.8. The van der Waals surface area contributed by atoms with Gasteiger partial charge in [-0.05, 0) is 47.2 Å². The SMILES string of the molecule is CS(=O)(=O)NC1CCN(C(=O)C2CC2c2cscc2-c2c(F)cccc2F)C1. The van der Waals surface area contributed by atoms with Gasteiger partial charge >= 0.3 is 0 Å². The molecule has 28 heavy (non-hydrogen) atoms. The van der Waals surface area contributed by atoms with Crippen LogP contribution < -0.4 is 4.72 Å². The Morgan fingerprint density at radius 2 is 1.96 bits per heavy atom. The zero-order valence-corrected chi connectivity index (χ0v) is 16.8. The fraction of sp³-hybridized carbons (Fsp3) is 0.421. The number of carbonyl (C=O) groups is 1. The van der Waals surface area contributed by atoms with E-state index in [4.69, 9.17) is 0 Å². The van der Waals surface area contributed by atoms with Crippen molar-refractivity contribution in [2.75, 3.05) is 19.3 Å². The van der Waals surface area contributed by atoms with E-state index in [1.165, 1.54) is 29.5 Å². The highest BCUT2D eigenvalue weighted by Gasteiger charge is 2.48. The third kappa shape index (κ3) is 3.83. The lowest BCUT2D eigenvalue weighted by atomic mass is 9.99. The molecule has 5 nitrogen and oxygen atoms in total. The van der Waals surface area contributed by atoms with Crippen LogP contribution in [0.25, 0.3) is 11.1 Å². The Labute approximate surface area is 166 Å². The number of hydrogen-bond donors (Lipinski definition) is 1. The van der Waals surface area contributed by atoms with E-state index in [-0.39, 0.29) is 29.3 Å². The standard InChI is InChI=1S/C19H20F2N2O3S2/c1-28(25,26)22-11-5-6-23(8-11)19(24)13-7-12(13)14-9-27-10-15(14)18-16(20)3-2-4-17(18)21/h2-4,9-13,22H,5-8H2,1H3. The molecule has 9 heteroatoms. The highest BCUT2D eigenvalue weighted by Crippen LogP contribution is 2.52. The maximum absolute atomic E-state index is 14.2. The van der Waals surface area contributed by atoms with Crippen molar-refractivity contribution >= 4 is 27.3 Å². The van der Waals surface area contributed by atoms with Gasteiger partial charge in [0.25, 0.3) is 0 Å². The zero-order chi connectivity index (χ0) is 20.1. The average molecular weight is 427 g/mol. The van der Waals surface area contributed by atoms with Crippen molar-refractivity contribution < 1.29 is 22.0 Å². The van der Waals surface area contributed by atoms with Gasteiger partial charge in [-0.3, -0.25) is 4.79 Å². The molecule has 2 heterocycles. The number of halogens is 2. The number of carbonyl (C=O) groups excluding carboxylic acids is 1. The Hall–Kier alpha value is -1.84. The van der Waals surface area contributed by atoms with Gasteiger partial charge in [0.05, 0.1) is 11.8 Å². The fourth-order valence-corrected chi connectivity index (χ4v) is 5.66. The first-order valence-electron chi connectivity index (χ1n) is 9.01. The van der Waals surface area contributed by atoms with Crippen molar-refractivity contribution in [3.8, 4) is 11.1 Å². The summed E-state index contributed by atoms with van der Waals surface area (Å²) in [6.45, 7) is 0.862. The molecule has 1 saturated carbocycles. The second-order valence-corrected chi connectivity index (χ2v) is 9.97. The van der Waals surface area contributed by atoms with Crippen LogP contribution in [0.1, 0.15) is 24.3 Å². The summed E-state index contributed by atoms with van der Waals surface area (Å²) in [6.07, 6.45) is 2.33. The van der Waals surface area contributed by atoms with Gasteiger partial charge in [-0.1, -0.05) is 6.07 Å². The van der Waals surface area contributed by atoms with Crippen LogP contribution in [0.5, 0.6) is 0 Å². The van der Waals surface area contributed by atoms with Crippen molar-refractivity contribution in [1.82, 2.24) is 9.62 Å². The van der Waals surface area contributed by atoms with Gasteiger partial charge in [0, 0.05) is 30.6 Å². The van der Waals surface area contributed by atoms with Crippen molar-refractivity contribution in [2.24, 2.45) is 5.92 Å². The van der Waals surface area contributed by atoms with E-state index in [0.29, 0.717) is 31.5 Å². The number of thiophene rings is 1. The normalized spacial score (nSPS) is 24.5. The Kier molecular flexibility index (Phi) is 5.01. The van der Waals surface area contributed by atoms with Crippen LogP contribution in [0.15, 0.2) is 29.0 Å². The molecule has 3 atom stereocenters. The molecule has 1 aliphatic heterocycles. The molecule has 0 radical (unpaired) electrons. The van der Waals surface area contributed by atoms with Crippen LogP contribution in [0.3, 0.4) is 0 Å². The number of likely N-dealkylation sites (tertiary alicyclic amines) is 1. The van der Waals surface area contributed by atoms with E-state index in [2.05, 4.69) is 4.72 Å². The predicted molar refractivity (Wildman–Crippen MR) is 103 cm³/mol. The third-order valence-corrected chi connectivity index (χ3v) is 6.84. The molecule has 2 aliphatic rings. The zero-order valence-electron chi connectivity index (χ0n) is 15.2. The summed E-state index contributed by atoms with van der Waals surface area (Å²) < 4.78 is 53.7. The van der Waals surface area contributed by atoms with E-state index in [9.17, 15) is 22.0 Å². The van der Waals surface area contributed by atoms with Crippen molar-refractivity contribution in [1.29, 1.82) is 0 Å². The second kappa shape index (κ2) is 7.20. The van der Waals surface area contributed by atoms with E-state index in [0.717, 1.165) is 11.8 Å². The van der Waals surface area contributed by atoms with Crippen LogP contribution in [0, 0.1) is 17.6 Å². The smallest absolute Gasteiger partial charge is 0.226 e. The van der Waals surface area contributed by atoms with E-state index in [1.54, 1.807) is 10.3 Å². The quantitative estimate of drug-likeness (QED) is 0.800. The molecule has 1 N–H and O–H groups in total. The molecular weight excluding hydrogens is 406 g/mol. The molecule has 2 fully saturated rings. The Morgan fingerprint density at radius 1 is 1.25 bits per heavy atom. The van der Waals surface area contributed by atoms with Crippen molar-refractivity contribution in [3.05, 3.63) is 46.2 Å². The molecule has 1 aromatic heterocycles. The van der Waals surface area contributed by atoms with Gasteiger partial charge < -0.3 is 4.90 Å². The maximum Gasteiger partial charge on any atom is 0.226 e. The number of benzene rings is 1. The van der Waals surface area contributed by atoms with E-state index in [1.807, 2.05) is 5.38 Å². The largest absolute Gasteiger partial charge is 0.341 e. The Bertz CT molecular complexity index is 1000. The number of sulfonamides is 1. The monoisotopic (exact) mass is 426 g/mol. The topological polar surface area (TPSA) is 66.5 Å². The number of amides is 1. The predicted octanol–water partition coefficient (Wildman–Crippen LogP) is 2.95. The third-order valence-electron chi connectivity index (χ3n) is 5.31. The van der Waals surface area contributed by atoms with Crippen LogP contribution in [-0.2, 0) is 14.8 Å². The van der Waals surface area contributed by atoms with Gasteiger partial charge in [-0.2, -0.15) is 11.3 Å². The maximum atomic E-state index is 14.2. The lowest BCUT2D eigenvalue weighted by Gasteiger charge is -2.17. The molecule has 0 bridgehead atoms. The van der Waals surface area contributed by atoms with Crippen molar-refractivity contribution in [3.63, 3.8) is 0 Å². The van der Waals surface area contributed by atoms with E-state index >= 15 is 0 Å². The Morgan fingerprint density at radius 3 is 2.64 bits per heavy atom. The molecule has 2 aromatic rings. The van der Waals surface area contributed by atoms with Crippen LogP contribution in [0.4, 0.5) is 8.78 Å². The van der Waals surface area contributed by atoms with Gasteiger partial charge in [-0.25, -0.2) is 21.9 Å². The van der Waals surface area contributed by atoms with Gasteiger partial charge in [0.15, 0.2) is 0 Å². The summed E-state index contributed by atoms with van der Waals surface area (Å²) in [5.74, 6) is -1.53. The molecule has 150 valence electrons. The van der Waals surface area contributed by atoms with Crippen LogP contribution >= 0.6 is 11.3 Å². The van der Waals surface area contributed by atoms with Gasteiger partial charge in [0.1, 0.15) is 11.6 Å². The summed E-state index contributed by atoms with van der Waals surface area (Å²) in [6, 6.07) is 3.53. The highest BCUT2D eigenvalue weighted by atomic mass is 32.2. The average Bonchev–Trinajstić information content (AvgIpc) is 3.02. The molecule has 0 spiro atoms. The van der Waals surface area contributed by atoms with E-state index < -0.39 is 21.7 Å². The van der Waals surface area contributed by atoms with Crippen LogP contribution in [0.2, 0.25) is 0 Å². The molecule has 1 saturated heterocycles.